The molecule has 0 saturated carbocycles. The zero-order valence-electron chi connectivity index (χ0n) is 11.7. The first kappa shape index (κ1) is 14.0. The number of aryl methyl sites for hydroxylation is 1. The van der Waals surface area contributed by atoms with Gasteiger partial charge in [0, 0.05) is 36.2 Å². The average molecular weight is 273 g/mol. The van der Waals surface area contributed by atoms with Crippen LogP contribution in [0.15, 0.2) is 30.9 Å². The highest BCUT2D eigenvalue weighted by atomic mass is 16.1. The Balaban J connectivity index is 2.02. The molecule has 0 aliphatic rings. The van der Waals surface area contributed by atoms with Crippen LogP contribution in [0.5, 0.6) is 0 Å². The SMILES string of the molecule is CCc1cc(C(=O)NC(C)Cn2ccnc2)cc(N)n1. The Labute approximate surface area is 118 Å². The molecule has 0 aliphatic heterocycles. The molecule has 6 heteroatoms. The summed E-state index contributed by atoms with van der Waals surface area (Å²) in [5, 5.41) is 2.94. The number of nitrogens with one attached hydrogen (secondary N) is 1. The van der Waals surface area contributed by atoms with Gasteiger partial charge in [-0.2, -0.15) is 0 Å². The molecule has 0 saturated heterocycles. The highest BCUT2D eigenvalue weighted by Gasteiger charge is 2.12. The number of hydrogen-bond donors (Lipinski definition) is 2. The van der Waals surface area contributed by atoms with E-state index in [1.54, 1.807) is 24.7 Å². The van der Waals surface area contributed by atoms with E-state index in [2.05, 4.69) is 15.3 Å². The minimum atomic E-state index is -0.138. The Morgan fingerprint density at radius 1 is 1.50 bits per heavy atom. The lowest BCUT2D eigenvalue weighted by Crippen LogP contribution is -2.35. The van der Waals surface area contributed by atoms with Crippen molar-refractivity contribution in [2.75, 3.05) is 5.73 Å². The molecule has 2 heterocycles. The van der Waals surface area contributed by atoms with E-state index >= 15 is 0 Å². The Morgan fingerprint density at radius 3 is 2.95 bits per heavy atom. The number of pyridine rings is 1. The number of nitrogens with two attached hydrogens (primary N) is 1. The number of hydrogen-bond acceptors (Lipinski definition) is 4. The summed E-state index contributed by atoms with van der Waals surface area (Å²) in [6.45, 7) is 4.60. The first-order chi connectivity index (χ1) is 9.58. The monoisotopic (exact) mass is 273 g/mol. The highest BCUT2D eigenvalue weighted by molar-refractivity contribution is 5.95. The first-order valence-corrected chi connectivity index (χ1v) is 6.61. The first-order valence-electron chi connectivity index (χ1n) is 6.61. The van der Waals surface area contributed by atoms with Crippen LogP contribution in [0.3, 0.4) is 0 Å². The van der Waals surface area contributed by atoms with Crippen molar-refractivity contribution in [1.82, 2.24) is 19.9 Å². The van der Waals surface area contributed by atoms with Crippen molar-refractivity contribution in [3.05, 3.63) is 42.1 Å². The summed E-state index contributed by atoms with van der Waals surface area (Å²) in [6.07, 6.45) is 6.05. The van der Waals surface area contributed by atoms with Gasteiger partial charge in [0.1, 0.15) is 5.82 Å². The fraction of sp³-hybridized carbons (Fsp3) is 0.357. The normalized spacial score (nSPS) is 12.1. The molecule has 0 fully saturated rings. The Morgan fingerprint density at radius 2 is 2.30 bits per heavy atom. The van der Waals surface area contributed by atoms with Crippen molar-refractivity contribution in [3.8, 4) is 0 Å². The van der Waals surface area contributed by atoms with Crippen LogP contribution in [0.1, 0.15) is 29.9 Å². The quantitative estimate of drug-likeness (QED) is 0.858. The molecule has 106 valence electrons. The van der Waals surface area contributed by atoms with Crippen LogP contribution in [0.4, 0.5) is 5.82 Å². The summed E-state index contributed by atoms with van der Waals surface area (Å²) in [4.78, 5) is 20.3. The zero-order chi connectivity index (χ0) is 14.5. The van der Waals surface area contributed by atoms with Crippen molar-refractivity contribution in [2.45, 2.75) is 32.9 Å². The molecule has 2 aromatic heterocycles. The lowest BCUT2D eigenvalue weighted by Gasteiger charge is -2.15. The van der Waals surface area contributed by atoms with Gasteiger partial charge in [-0.05, 0) is 25.5 Å². The van der Waals surface area contributed by atoms with Crippen LogP contribution < -0.4 is 11.1 Å². The standard InChI is InChI=1S/C14H19N5O/c1-3-12-6-11(7-13(15)18-12)14(20)17-10(2)8-19-5-4-16-9-19/h4-7,9-10H,3,8H2,1-2H3,(H2,15,18)(H,17,20). The predicted molar refractivity (Wildman–Crippen MR) is 77.2 cm³/mol. The second-order valence-corrected chi connectivity index (χ2v) is 4.76. The zero-order valence-corrected chi connectivity index (χ0v) is 11.7. The fourth-order valence-electron chi connectivity index (χ4n) is 1.99. The van der Waals surface area contributed by atoms with Gasteiger partial charge in [-0.15, -0.1) is 0 Å². The smallest absolute Gasteiger partial charge is 0.251 e. The molecular weight excluding hydrogens is 254 g/mol. The maximum atomic E-state index is 12.2. The van der Waals surface area contributed by atoms with Gasteiger partial charge in [-0.1, -0.05) is 6.92 Å². The molecule has 1 amide bonds. The third-order valence-electron chi connectivity index (χ3n) is 2.94. The minimum Gasteiger partial charge on any atom is -0.384 e. The maximum absolute atomic E-state index is 12.2. The van der Waals surface area contributed by atoms with Crippen LogP contribution >= 0.6 is 0 Å². The molecule has 0 radical (unpaired) electrons. The van der Waals surface area contributed by atoms with E-state index in [1.165, 1.54) is 0 Å². The van der Waals surface area contributed by atoms with Gasteiger partial charge < -0.3 is 15.6 Å². The summed E-state index contributed by atoms with van der Waals surface area (Å²) < 4.78 is 1.92. The summed E-state index contributed by atoms with van der Waals surface area (Å²) >= 11 is 0. The molecule has 0 aliphatic carbocycles. The molecule has 0 bridgehead atoms. The van der Waals surface area contributed by atoms with Gasteiger partial charge in [0.05, 0.1) is 6.33 Å². The predicted octanol–water partition coefficient (Wildman–Crippen LogP) is 1.24. The molecule has 0 spiro atoms. The van der Waals surface area contributed by atoms with Gasteiger partial charge in [0.25, 0.3) is 5.91 Å². The molecule has 20 heavy (non-hydrogen) atoms. The van der Waals surface area contributed by atoms with Crippen LogP contribution in [-0.2, 0) is 13.0 Å². The molecular formula is C14H19N5O. The van der Waals surface area contributed by atoms with Gasteiger partial charge in [-0.25, -0.2) is 9.97 Å². The number of carbonyl (C=O) groups is 1. The third-order valence-corrected chi connectivity index (χ3v) is 2.94. The number of rotatable bonds is 5. The van der Waals surface area contributed by atoms with E-state index in [0.29, 0.717) is 17.9 Å². The van der Waals surface area contributed by atoms with Crippen LogP contribution in [0, 0.1) is 0 Å². The number of nitrogens with zero attached hydrogens (tertiary/aromatic N) is 3. The Kier molecular flexibility index (Phi) is 4.34. The molecule has 0 aromatic carbocycles. The lowest BCUT2D eigenvalue weighted by atomic mass is 10.1. The van der Waals surface area contributed by atoms with E-state index in [0.717, 1.165) is 12.1 Å². The topological polar surface area (TPSA) is 85.8 Å². The minimum absolute atomic E-state index is 0.00355. The van der Waals surface area contributed by atoms with Crippen LogP contribution in [0.25, 0.3) is 0 Å². The summed E-state index contributed by atoms with van der Waals surface area (Å²) in [7, 11) is 0. The van der Waals surface area contributed by atoms with Crippen molar-refractivity contribution >= 4 is 11.7 Å². The van der Waals surface area contributed by atoms with E-state index < -0.39 is 0 Å². The van der Waals surface area contributed by atoms with Gasteiger partial charge in [0.15, 0.2) is 0 Å². The van der Waals surface area contributed by atoms with Gasteiger partial charge >= 0.3 is 0 Å². The largest absolute Gasteiger partial charge is 0.384 e. The second-order valence-electron chi connectivity index (χ2n) is 4.76. The second kappa shape index (κ2) is 6.18. The molecule has 6 nitrogen and oxygen atoms in total. The molecule has 3 N–H and O–H groups in total. The molecule has 2 aromatic rings. The summed E-state index contributed by atoms with van der Waals surface area (Å²) in [6, 6.07) is 3.37. The van der Waals surface area contributed by atoms with E-state index in [-0.39, 0.29) is 11.9 Å². The number of nitrogen functional groups attached to an aromatic ring is 1. The van der Waals surface area contributed by atoms with E-state index in [4.69, 9.17) is 5.73 Å². The number of carbonyl (C=O) groups excluding carboxylic acids is 1. The van der Waals surface area contributed by atoms with Crippen molar-refractivity contribution in [3.63, 3.8) is 0 Å². The Hall–Kier alpha value is -2.37. The summed E-state index contributed by atoms with van der Waals surface area (Å²) in [5.41, 5.74) is 7.07. The molecule has 1 atom stereocenters. The third kappa shape index (κ3) is 3.57. The molecule has 1 unspecified atom stereocenters. The average Bonchev–Trinajstić information content (AvgIpc) is 2.90. The van der Waals surface area contributed by atoms with E-state index in [1.807, 2.05) is 24.6 Å². The highest BCUT2D eigenvalue weighted by Crippen LogP contribution is 2.09. The van der Waals surface area contributed by atoms with Gasteiger partial charge in [-0.3, -0.25) is 4.79 Å². The van der Waals surface area contributed by atoms with E-state index in [9.17, 15) is 4.79 Å². The number of aromatic nitrogens is 3. The van der Waals surface area contributed by atoms with Gasteiger partial charge in [0.2, 0.25) is 0 Å². The van der Waals surface area contributed by atoms with Crippen LogP contribution in [-0.4, -0.2) is 26.5 Å². The molecule has 2 rings (SSSR count). The lowest BCUT2D eigenvalue weighted by molar-refractivity contribution is 0.0936. The maximum Gasteiger partial charge on any atom is 0.251 e. The van der Waals surface area contributed by atoms with Crippen LogP contribution in [0.2, 0.25) is 0 Å². The Bertz CT molecular complexity index is 579. The summed E-state index contributed by atoms with van der Waals surface area (Å²) in [5.74, 6) is 0.234. The number of imidazole rings is 1. The fourth-order valence-corrected chi connectivity index (χ4v) is 1.99. The van der Waals surface area contributed by atoms with Crippen molar-refractivity contribution in [2.24, 2.45) is 0 Å². The van der Waals surface area contributed by atoms with Crippen molar-refractivity contribution in [1.29, 1.82) is 0 Å². The van der Waals surface area contributed by atoms with Crippen molar-refractivity contribution < 1.29 is 4.79 Å². The number of anilines is 1. The number of amides is 1.